The molecule has 0 unspecified atom stereocenters. The molecule has 2 aromatic carbocycles. The summed E-state index contributed by atoms with van der Waals surface area (Å²) in [6, 6.07) is 16.3. The van der Waals surface area contributed by atoms with Gasteiger partial charge in [-0.05, 0) is 26.0 Å². The standard InChI is InChI=1S/C23H19NO5/c1-4-20(25)27-14-23(2,3)29-22(26)17(13-24)21-15-9-5-7-11-18(15)28-19-12-8-6-10-16(19)21/h4-12H,1,14H2,2-3H3. The number of carbonyl (C=O) groups excluding carboxylic acids is 2. The number of hydrogen-bond donors (Lipinski definition) is 0. The maximum Gasteiger partial charge on any atom is 0.350 e. The Labute approximate surface area is 168 Å². The van der Waals surface area contributed by atoms with Gasteiger partial charge in [-0.15, -0.1) is 0 Å². The molecule has 6 nitrogen and oxygen atoms in total. The van der Waals surface area contributed by atoms with E-state index in [9.17, 15) is 14.9 Å². The van der Waals surface area contributed by atoms with E-state index < -0.39 is 17.5 Å². The number of para-hydroxylation sites is 2. The van der Waals surface area contributed by atoms with E-state index in [-0.39, 0.29) is 12.2 Å². The van der Waals surface area contributed by atoms with Gasteiger partial charge in [0.15, 0.2) is 0 Å². The minimum atomic E-state index is -1.14. The first-order chi connectivity index (χ1) is 13.9. The summed E-state index contributed by atoms with van der Waals surface area (Å²) in [5.41, 5.74) is 0.388. The molecule has 0 saturated heterocycles. The van der Waals surface area contributed by atoms with Crippen molar-refractivity contribution >= 4 is 17.5 Å². The maximum atomic E-state index is 12.9. The molecule has 3 rings (SSSR count). The zero-order valence-corrected chi connectivity index (χ0v) is 16.1. The van der Waals surface area contributed by atoms with E-state index in [2.05, 4.69) is 6.58 Å². The summed E-state index contributed by atoms with van der Waals surface area (Å²) >= 11 is 0. The van der Waals surface area contributed by atoms with Crippen LogP contribution < -0.4 is 4.74 Å². The van der Waals surface area contributed by atoms with Crippen LogP contribution in [0.2, 0.25) is 0 Å². The van der Waals surface area contributed by atoms with E-state index in [0.717, 1.165) is 6.08 Å². The highest BCUT2D eigenvalue weighted by Crippen LogP contribution is 2.44. The fraction of sp³-hybridized carbons (Fsp3) is 0.174. The van der Waals surface area contributed by atoms with Crippen molar-refractivity contribution in [3.8, 4) is 17.6 Å². The molecule has 0 amide bonds. The van der Waals surface area contributed by atoms with Gasteiger partial charge in [0.2, 0.25) is 0 Å². The van der Waals surface area contributed by atoms with Crippen LogP contribution in [0.3, 0.4) is 0 Å². The highest BCUT2D eigenvalue weighted by Gasteiger charge is 2.32. The summed E-state index contributed by atoms with van der Waals surface area (Å²) in [4.78, 5) is 24.2. The molecular formula is C23H19NO5. The summed E-state index contributed by atoms with van der Waals surface area (Å²) in [5, 5.41) is 9.80. The number of rotatable bonds is 5. The first-order valence-electron chi connectivity index (χ1n) is 8.90. The minimum Gasteiger partial charge on any atom is -0.458 e. The second-order valence-electron chi connectivity index (χ2n) is 6.92. The number of fused-ring (bicyclic) bond motifs is 2. The van der Waals surface area contributed by atoms with Gasteiger partial charge in [-0.1, -0.05) is 43.0 Å². The van der Waals surface area contributed by atoms with Crippen LogP contribution in [0.5, 0.6) is 11.5 Å². The van der Waals surface area contributed by atoms with Gasteiger partial charge < -0.3 is 14.2 Å². The average molecular weight is 389 g/mol. The van der Waals surface area contributed by atoms with Crippen molar-refractivity contribution in [1.29, 1.82) is 5.26 Å². The van der Waals surface area contributed by atoms with E-state index in [4.69, 9.17) is 14.2 Å². The molecule has 0 bridgehead atoms. The molecule has 0 saturated carbocycles. The van der Waals surface area contributed by atoms with Crippen molar-refractivity contribution in [2.45, 2.75) is 19.4 Å². The van der Waals surface area contributed by atoms with Crippen molar-refractivity contribution in [2.75, 3.05) is 6.61 Å². The third kappa shape index (κ3) is 4.19. The molecule has 0 fully saturated rings. The van der Waals surface area contributed by atoms with Crippen LogP contribution in [0, 0.1) is 11.3 Å². The lowest BCUT2D eigenvalue weighted by Crippen LogP contribution is -2.35. The number of nitrogens with zero attached hydrogens (tertiary/aromatic N) is 1. The number of nitriles is 1. The molecule has 1 aliphatic heterocycles. The van der Waals surface area contributed by atoms with E-state index in [0.29, 0.717) is 28.2 Å². The number of esters is 2. The van der Waals surface area contributed by atoms with E-state index in [1.165, 1.54) is 0 Å². The summed E-state index contributed by atoms with van der Waals surface area (Å²) in [6.07, 6.45) is 1.02. The third-order valence-electron chi connectivity index (χ3n) is 4.20. The molecule has 6 heteroatoms. The first kappa shape index (κ1) is 19.9. The molecule has 0 N–H and O–H groups in total. The van der Waals surface area contributed by atoms with Crippen LogP contribution in [0.25, 0.3) is 5.57 Å². The summed E-state index contributed by atoms with van der Waals surface area (Å²) < 4.78 is 16.4. The van der Waals surface area contributed by atoms with Gasteiger partial charge in [-0.3, -0.25) is 0 Å². The summed E-state index contributed by atoms with van der Waals surface area (Å²) in [7, 11) is 0. The van der Waals surface area contributed by atoms with Gasteiger partial charge in [-0.2, -0.15) is 5.26 Å². The largest absolute Gasteiger partial charge is 0.458 e. The van der Waals surface area contributed by atoms with E-state index in [1.807, 2.05) is 18.2 Å². The van der Waals surface area contributed by atoms with E-state index in [1.54, 1.807) is 50.2 Å². The van der Waals surface area contributed by atoms with Crippen molar-refractivity contribution in [3.05, 3.63) is 77.9 Å². The van der Waals surface area contributed by atoms with Gasteiger partial charge in [0.05, 0.1) is 0 Å². The van der Waals surface area contributed by atoms with Crippen molar-refractivity contribution in [3.63, 3.8) is 0 Å². The molecule has 0 spiro atoms. The fourth-order valence-corrected chi connectivity index (χ4v) is 2.90. The predicted molar refractivity (Wildman–Crippen MR) is 106 cm³/mol. The van der Waals surface area contributed by atoms with Gasteiger partial charge in [0.1, 0.15) is 35.3 Å². The maximum absolute atomic E-state index is 12.9. The lowest BCUT2D eigenvalue weighted by atomic mass is 9.90. The quantitative estimate of drug-likeness (QED) is 0.370. The molecule has 0 atom stereocenters. The van der Waals surface area contributed by atoms with Crippen LogP contribution in [0.1, 0.15) is 25.0 Å². The van der Waals surface area contributed by atoms with Crippen LogP contribution >= 0.6 is 0 Å². The van der Waals surface area contributed by atoms with Crippen molar-refractivity contribution < 1.29 is 23.8 Å². The van der Waals surface area contributed by atoms with Gasteiger partial charge in [0, 0.05) is 22.8 Å². The fourth-order valence-electron chi connectivity index (χ4n) is 2.90. The van der Waals surface area contributed by atoms with Crippen LogP contribution in [0.4, 0.5) is 0 Å². The van der Waals surface area contributed by atoms with Gasteiger partial charge >= 0.3 is 11.9 Å². The normalized spacial score (nSPS) is 11.8. The Balaban J connectivity index is 2.02. The second kappa shape index (κ2) is 8.03. The molecule has 1 aliphatic rings. The lowest BCUT2D eigenvalue weighted by molar-refractivity contribution is -0.162. The second-order valence-corrected chi connectivity index (χ2v) is 6.92. The smallest absolute Gasteiger partial charge is 0.350 e. The Hall–Kier alpha value is -3.85. The Kier molecular flexibility index (Phi) is 5.51. The molecule has 29 heavy (non-hydrogen) atoms. The Morgan fingerprint density at radius 1 is 1.10 bits per heavy atom. The Morgan fingerprint density at radius 3 is 2.17 bits per heavy atom. The Bertz CT molecular complexity index is 1010. The van der Waals surface area contributed by atoms with Crippen molar-refractivity contribution in [2.24, 2.45) is 0 Å². The predicted octanol–water partition coefficient (Wildman–Crippen LogP) is 4.17. The zero-order valence-electron chi connectivity index (χ0n) is 16.1. The van der Waals surface area contributed by atoms with Crippen molar-refractivity contribution in [1.82, 2.24) is 0 Å². The topological polar surface area (TPSA) is 85.6 Å². The number of benzene rings is 2. The van der Waals surface area contributed by atoms with Gasteiger partial charge in [-0.25, -0.2) is 9.59 Å². The minimum absolute atomic E-state index is 0.156. The monoisotopic (exact) mass is 389 g/mol. The molecule has 2 aromatic rings. The van der Waals surface area contributed by atoms with Crippen LogP contribution in [-0.4, -0.2) is 24.1 Å². The lowest BCUT2D eigenvalue weighted by Gasteiger charge is -2.26. The molecular weight excluding hydrogens is 370 g/mol. The van der Waals surface area contributed by atoms with Crippen LogP contribution in [0.15, 0.2) is 66.8 Å². The molecule has 146 valence electrons. The number of carbonyl (C=O) groups is 2. The number of hydrogen-bond acceptors (Lipinski definition) is 6. The summed E-state index contributed by atoms with van der Waals surface area (Å²) in [5.74, 6) is -0.351. The zero-order chi connectivity index (χ0) is 21.0. The highest BCUT2D eigenvalue weighted by molar-refractivity contribution is 6.07. The first-order valence-corrected chi connectivity index (χ1v) is 8.90. The molecule has 1 heterocycles. The number of ether oxygens (including phenoxy) is 3. The molecule has 0 radical (unpaired) electrons. The SMILES string of the molecule is C=CC(=O)OCC(C)(C)OC(=O)C(C#N)=C1c2ccccc2Oc2ccccc21. The van der Waals surface area contributed by atoms with Crippen LogP contribution in [-0.2, 0) is 19.1 Å². The van der Waals surface area contributed by atoms with Gasteiger partial charge in [0.25, 0.3) is 0 Å². The summed E-state index contributed by atoms with van der Waals surface area (Å²) in [6.45, 7) is 6.33. The highest BCUT2D eigenvalue weighted by atomic mass is 16.6. The third-order valence-corrected chi connectivity index (χ3v) is 4.20. The molecule has 0 aromatic heterocycles. The average Bonchev–Trinajstić information content (AvgIpc) is 2.71. The molecule has 0 aliphatic carbocycles. The van der Waals surface area contributed by atoms with E-state index >= 15 is 0 Å². The Morgan fingerprint density at radius 2 is 1.66 bits per heavy atom.